The molecule has 106 valence electrons. The molecule has 1 atom stereocenters. The Balaban J connectivity index is 1.72. The summed E-state index contributed by atoms with van der Waals surface area (Å²) in [5.41, 5.74) is 2.43. The normalized spacial score (nSPS) is 17.6. The number of furan rings is 1. The molecule has 0 amide bonds. The third kappa shape index (κ3) is 2.59. The first-order chi connectivity index (χ1) is 9.55. The van der Waals surface area contributed by atoms with Gasteiger partial charge in [0.05, 0.1) is 12.3 Å². The van der Waals surface area contributed by atoms with Crippen LogP contribution in [0.5, 0.6) is 5.75 Å². The van der Waals surface area contributed by atoms with Crippen LogP contribution in [0.15, 0.2) is 41.0 Å². The molecule has 0 saturated carbocycles. The molecule has 1 aliphatic rings. The van der Waals surface area contributed by atoms with E-state index in [4.69, 9.17) is 9.15 Å². The molecule has 0 radical (unpaired) electrons. The third-order valence-corrected chi connectivity index (χ3v) is 3.74. The van der Waals surface area contributed by atoms with Gasteiger partial charge in [0.15, 0.2) is 0 Å². The number of fused-ring (bicyclic) bond motifs is 1. The van der Waals surface area contributed by atoms with Crippen LogP contribution in [0.1, 0.15) is 43.7 Å². The van der Waals surface area contributed by atoms with Crippen LogP contribution in [0.3, 0.4) is 0 Å². The Labute approximate surface area is 119 Å². The first-order valence-corrected chi connectivity index (χ1v) is 7.12. The van der Waals surface area contributed by atoms with Crippen LogP contribution in [-0.4, -0.2) is 5.60 Å². The third-order valence-electron chi connectivity index (χ3n) is 3.74. The van der Waals surface area contributed by atoms with Gasteiger partial charge in [-0.1, -0.05) is 18.2 Å². The number of hydrogen-bond acceptors (Lipinski definition) is 3. The molecule has 1 aromatic heterocycles. The van der Waals surface area contributed by atoms with E-state index < -0.39 is 0 Å². The maximum Gasteiger partial charge on any atom is 0.127 e. The molecule has 1 N–H and O–H groups in total. The van der Waals surface area contributed by atoms with Gasteiger partial charge in [-0.25, -0.2) is 0 Å². The minimum Gasteiger partial charge on any atom is -0.487 e. The number of nitrogens with one attached hydrogen (secondary N) is 1. The van der Waals surface area contributed by atoms with Gasteiger partial charge in [0, 0.05) is 18.5 Å². The maximum atomic E-state index is 6.08. The molecule has 20 heavy (non-hydrogen) atoms. The van der Waals surface area contributed by atoms with Crippen molar-refractivity contribution in [1.82, 2.24) is 5.32 Å². The van der Waals surface area contributed by atoms with Gasteiger partial charge >= 0.3 is 0 Å². The van der Waals surface area contributed by atoms with Crippen molar-refractivity contribution in [1.29, 1.82) is 0 Å². The predicted molar refractivity (Wildman–Crippen MR) is 78.8 cm³/mol. The van der Waals surface area contributed by atoms with Crippen LogP contribution < -0.4 is 10.1 Å². The fourth-order valence-corrected chi connectivity index (χ4v) is 2.72. The average Bonchev–Trinajstić information content (AvgIpc) is 3.01. The minimum atomic E-state index is -0.0922. The van der Waals surface area contributed by atoms with Crippen molar-refractivity contribution >= 4 is 0 Å². The average molecular weight is 271 g/mol. The number of hydrogen-bond donors (Lipinski definition) is 1. The molecule has 0 saturated heterocycles. The van der Waals surface area contributed by atoms with E-state index in [1.807, 2.05) is 12.1 Å². The summed E-state index contributed by atoms with van der Waals surface area (Å²) in [6.07, 6.45) is 2.68. The highest BCUT2D eigenvalue weighted by Gasteiger charge is 2.31. The van der Waals surface area contributed by atoms with E-state index in [-0.39, 0.29) is 11.6 Å². The van der Waals surface area contributed by atoms with Gasteiger partial charge in [-0.15, -0.1) is 0 Å². The van der Waals surface area contributed by atoms with Crippen molar-refractivity contribution in [2.24, 2.45) is 0 Å². The summed E-state index contributed by atoms with van der Waals surface area (Å²) in [7, 11) is 0. The van der Waals surface area contributed by atoms with Gasteiger partial charge in [0.25, 0.3) is 0 Å². The number of rotatable bonds is 4. The van der Waals surface area contributed by atoms with Crippen molar-refractivity contribution in [2.45, 2.75) is 45.4 Å². The summed E-state index contributed by atoms with van der Waals surface area (Å²) < 4.78 is 11.5. The zero-order valence-electron chi connectivity index (χ0n) is 12.3. The van der Waals surface area contributed by atoms with Crippen molar-refractivity contribution in [3.8, 4) is 5.75 Å². The van der Waals surface area contributed by atoms with Gasteiger partial charge in [-0.2, -0.15) is 0 Å². The Morgan fingerprint density at radius 1 is 1.25 bits per heavy atom. The Kier molecular flexibility index (Phi) is 3.30. The van der Waals surface area contributed by atoms with Gasteiger partial charge in [-0.05, 0) is 38.5 Å². The molecule has 0 fully saturated rings. The summed E-state index contributed by atoms with van der Waals surface area (Å²) in [5, 5.41) is 3.48. The molecule has 0 bridgehead atoms. The summed E-state index contributed by atoms with van der Waals surface area (Å²) in [6.45, 7) is 7.15. The lowest BCUT2D eigenvalue weighted by Gasteiger charge is -2.19. The van der Waals surface area contributed by atoms with E-state index in [1.54, 1.807) is 6.26 Å². The van der Waals surface area contributed by atoms with Crippen molar-refractivity contribution in [3.05, 3.63) is 53.5 Å². The Morgan fingerprint density at radius 2 is 2.10 bits per heavy atom. The molecule has 1 aromatic carbocycles. The molecular weight excluding hydrogens is 250 g/mol. The summed E-state index contributed by atoms with van der Waals surface area (Å²) in [6, 6.07) is 10.5. The van der Waals surface area contributed by atoms with Crippen LogP contribution in [0.4, 0.5) is 0 Å². The second-order valence-electron chi connectivity index (χ2n) is 6.06. The Morgan fingerprint density at radius 3 is 2.85 bits per heavy atom. The summed E-state index contributed by atoms with van der Waals surface area (Å²) in [5.74, 6) is 2.01. The second-order valence-corrected chi connectivity index (χ2v) is 6.06. The molecule has 0 spiro atoms. The number of ether oxygens (including phenoxy) is 1. The fraction of sp³-hybridized carbons (Fsp3) is 0.412. The van der Waals surface area contributed by atoms with E-state index >= 15 is 0 Å². The van der Waals surface area contributed by atoms with Crippen LogP contribution in [0, 0.1) is 0 Å². The summed E-state index contributed by atoms with van der Waals surface area (Å²) >= 11 is 0. The van der Waals surface area contributed by atoms with E-state index in [0.29, 0.717) is 0 Å². The predicted octanol–water partition coefficient (Wildman–Crippen LogP) is 3.84. The minimum absolute atomic E-state index is 0.0922. The lowest BCUT2D eigenvalue weighted by atomic mass is 10.0. The maximum absolute atomic E-state index is 6.08. The van der Waals surface area contributed by atoms with Gasteiger partial charge < -0.3 is 14.5 Å². The number of benzene rings is 1. The molecule has 1 aliphatic heterocycles. The lowest BCUT2D eigenvalue weighted by molar-refractivity contribution is 0.137. The molecule has 0 unspecified atom stereocenters. The van der Waals surface area contributed by atoms with Gasteiger partial charge in [0.2, 0.25) is 0 Å². The standard InChI is InChI=1S/C17H21NO2/c1-12(15-8-5-9-19-15)18-11-14-7-4-6-13-10-17(2,3)20-16(13)14/h4-9,12,18H,10-11H2,1-3H3/t12-/m1/s1. The highest BCUT2D eigenvalue weighted by atomic mass is 16.5. The molecule has 2 heterocycles. The zero-order chi connectivity index (χ0) is 14.2. The highest BCUT2D eigenvalue weighted by Crippen LogP contribution is 2.37. The first-order valence-electron chi connectivity index (χ1n) is 7.12. The van der Waals surface area contributed by atoms with Gasteiger partial charge in [0.1, 0.15) is 17.1 Å². The quantitative estimate of drug-likeness (QED) is 0.917. The van der Waals surface area contributed by atoms with Crippen molar-refractivity contribution in [2.75, 3.05) is 0 Å². The molecule has 2 aromatic rings. The molecular formula is C17H21NO2. The SMILES string of the molecule is C[C@@H](NCc1cccc2c1OC(C)(C)C2)c1ccco1. The van der Waals surface area contributed by atoms with E-state index in [2.05, 4.69) is 44.3 Å². The van der Waals surface area contributed by atoms with E-state index in [0.717, 1.165) is 24.5 Å². The largest absolute Gasteiger partial charge is 0.487 e. The fourth-order valence-electron chi connectivity index (χ4n) is 2.72. The zero-order valence-corrected chi connectivity index (χ0v) is 12.3. The van der Waals surface area contributed by atoms with Crippen LogP contribution in [0.2, 0.25) is 0 Å². The van der Waals surface area contributed by atoms with Gasteiger partial charge in [-0.3, -0.25) is 0 Å². The molecule has 3 heteroatoms. The van der Waals surface area contributed by atoms with Crippen molar-refractivity contribution in [3.63, 3.8) is 0 Å². The Hall–Kier alpha value is -1.74. The van der Waals surface area contributed by atoms with Crippen LogP contribution >= 0.6 is 0 Å². The topological polar surface area (TPSA) is 34.4 Å². The van der Waals surface area contributed by atoms with E-state index in [9.17, 15) is 0 Å². The monoisotopic (exact) mass is 271 g/mol. The van der Waals surface area contributed by atoms with Crippen molar-refractivity contribution < 1.29 is 9.15 Å². The Bertz CT molecular complexity index is 587. The van der Waals surface area contributed by atoms with E-state index in [1.165, 1.54) is 11.1 Å². The molecule has 0 aliphatic carbocycles. The van der Waals surface area contributed by atoms with Crippen LogP contribution in [-0.2, 0) is 13.0 Å². The summed E-state index contributed by atoms with van der Waals surface area (Å²) in [4.78, 5) is 0. The van der Waals surface area contributed by atoms with Crippen LogP contribution in [0.25, 0.3) is 0 Å². The smallest absolute Gasteiger partial charge is 0.127 e. The molecule has 3 rings (SSSR count). The second kappa shape index (κ2) is 4.98. The first kappa shape index (κ1) is 13.3. The highest BCUT2D eigenvalue weighted by molar-refractivity contribution is 5.45. The molecule has 3 nitrogen and oxygen atoms in total. The number of para-hydroxylation sites is 1. The lowest BCUT2D eigenvalue weighted by Crippen LogP contribution is -2.25.